The van der Waals surface area contributed by atoms with Crippen molar-refractivity contribution < 1.29 is 9.28 Å². The van der Waals surface area contributed by atoms with Crippen molar-refractivity contribution in [2.75, 3.05) is 34.2 Å². The molecule has 3 nitrogen and oxygen atoms in total. The molecule has 0 radical (unpaired) electrons. The molecule has 0 aliphatic carbocycles. The third kappa shape index (κ3) is 7.14. The Labute approximate surface area is 93.7 Å². The molecule has 1 amide bonds. The maximum Gasteiger partial charge on any atom is 0.246 e. The van der Waals surface area contributed by atoms with Crippen molar-refractivity contribution in [3.63, 3.8) is 0 Å². The first-order valence-corrected chi connectivity index (χ1v) is 5.28. The molecule has 0 aromatic carbocycles. The summed E-state index contributed by atoms with van der Waals surface area (Å²) >= 11 is 0. The van der Waals surface area contributed by atoms with Crippen LogP contribution in [-0.2, 0) is 4.79 Å². The Balaban J connectivity index is 4.16. The molecule has 0 fully saturated rings. The number of nitrogens with zero attached hydrogens (tertiary/aromatic N) is 1. The molecule has 88 valence electrons. The van der Waals surface area contributed by atoms with Crippen molar-refractivity contribution in [1.29, 1.82) is 0 Å². The van der Waals surface area contributed by atoms with Crippen LogP contribution in [0.2, 0.25) is 0 Å². The molecule has 0 heterocycles. The molecule has 0 aromatic heterocycles. The molecule has 3 heteroatoms. The smallest absolute Gasteiger partial charge is 0.246 e. The SMILES string of the molecule is C=C(C)C(=O)NCC(C)(C)C[N+](C)(C)C. The average Bonchev–Trinajstić information content (AvgIpc) is 1.95. The van der Waals surface area contributed by atoms with Gasteiger partial charge in [-0.15, -0.1) is 0 Å². The molecule has 0 rings (SSSR count). The molecular formula is C12H25N2O+. The zero-order chi connectivity index (χ0) is 12.3. The van der Waals surface area contributed by atoms with Gasteiger partial charge >= 0.3 is 0 Å². The molecular weight excluding hydrogens is 188 g/mol. The quantitative estimate of drug-likeness (QED) is 0.543. The zero-order valence-electron chi connectivity index (χ0n) is 11.0. The van der Waals surface area contributed by atoms with Gasteiger partial charge in [0, 0.05) is 17.5 Å². The van der Waals surface area contributed by atoms with E-state index in [0.717, 1.165) is 11.0 Å². The Bertz CT molecular complexity index is 249. The van der Waals surface area contributed by atoms with Gasteiger partial charge in [0.15, 0.2) is 0 Å². The first-order chi connectivity index (χ1) is 6.53. The van der Waals surface area contributed by atoms with Crippen LogP contribution in [0.4, 0.5) is 0 Å². The highest BCUT2D eigenvalue weighted by Crippen LogP contribution is 2.17. The second kappa shape index (κ2) is 4.79. The van der Waals surface area contributed by atoms with Crippen molar-refractivity contribution in [2.45, 2.75) is 20.8 Å². The van der Waals surface area contributed by atoms with Crippen LogP contribution in [0, 0.1) is 5.41 Å². The lowest BCUT2D eigenvalue weighted by atomic mass is 9.92. The van der Waals surface area contributed by atoms with Gasteiger partial charge in [-0.25, -0.2) is 0 Å². The molecule has 0 spiro atoms. The minimum atomic E-state index is -0.0514. The fourth-order valence-electron chi connectivity index (χ4n) is 1.81. The van der Waals surface area contributed by atoms with E-state index >= 15 is 0 Å². The molecule has 1 N–H and O–H groups in total. The lowest BCUT2D eigenvalue weighted by Crippen LogP contribution is -2.47. The van der Waals surface area contributed by atoms with Gasteiger partial charge in [0.25, 0.3) is 0 Å². The molecule has 15 heavy (non-hydrogen) atoms. The third-order valence-corrected chi connectivity index (χ3v) is 2.02. The number of hydrogen-bond acceptors (Lipinski definition) is 1. The number of carbonyl (C=O) groups excluding carboxylic acids is 1. The van der Waals surface area contributed by atoms with Gasteiger partial charge in [0.05, 0.1) is 27.7 Å². The molecule has 0 saturated heterocycles. The van der Waals surface area contributed by atoms with Gasteiger partial charge < -0.3 is 9.80 Å². The molecule has 0 aliphatic rings. The Morgan fingerprint density at radius 1 is 1.33 bits per heavy atom. The van der Waals surface area contributed by atoms with E-state index in [1.807, 2.05) is 0 Å². The number of carbonyl (C=O) groups is 1. The number of rotatable bonds is 5. The van der Waals surface area contributed by atoms with E-state index in [0.29, 0.717) is 12.1 Å². The van der Waals surface area contributed by atoms with Crippen LogP contribution >= 0.6 is 0 Å². The third-order valence-electron chi connectivity index (χ3n) is 2.02. The average molecular weight is 213 g/mol. The summed E-state index contributed by atoms with van der Waals surface area (Å²) in [6, 6.07) is 0. The highest BCUT2D eigenvalue weighted by atomic mass is 16.1. The fraction of sp³-hybridized carbons (Fsp3) is 0.750. The van der Waals surface area contributed by atoms with Crippen LogP contribution in [-0.4, -0.2) is 44.6 Å². The van der Waals surface area contributed by atoms with Gasteiger partial charge in [-0.05, 0) is 6.92 Å². The van der Waals surface area contributed by atoms with Crippen molar-refractivity contribution in [1.82, 2.24) is 5.32 Å². The molecule has 0 atom stereocenters. The van der Waals surface area contributed by atoms with E-state index < -0.39 is 0 Å². The van der Waals surface area contributed by atoms with Gasteiger partial charge in [-0.3, -0.25) is 4.79 Å². The van der Waals surface area contributed by atoms with Crippen LogP contribution in [0.3, 0.4) is 0 Å². The van der Waals surface area contributed by atoms with Crippen molar-refractivity contribution >= 4 is 5.91 Å². The second-order valence-corrected chi connectivity index (χ2v) is 6.08. The van der Waals surface area contributed by atoms with Crippen LogP contribution in [0.15, 0.2) is 12.2 Å². The van der Waals surface area contributed by atoms with Gasteiger partial charge in [0.1, 0.15) is 0 Å². The zero-order valence-corrected chi connectivity index (χ0v) is 11.0. The topological polar surface area (TPSA) is 29.1 Å². The second-order valence-electron chi connectivity index (χ2n) is 6.08. The van der Waals surface area contributed by atoms with Crippen molar-refractivity contribution in [3.05, 3.63) is 12.2 Å². The highest BCUT2D eigenvalue weighted by molar-refractivity contribution is 5.92. The number of amides is 1. The van der Waals surface area contributed by atoms with E-state index in [-0.39, 0.29) is 11.3 Å². The first-order valence-electron chi connectivity index (χ1n) is 5.28. The van der Waals surface area contributed by atoms with Crippen molar-refractivity contribution in [2.24, 2.45) is 5.41 Å². The first kappa shape index (κ1) is 14.2. The predicted octanol–water partition coefficient (Wildman–Crippen LogP) is 1.41. The lowest BCUT2D eigenvalue weighted by Gasteiger charge is -2.34. The summed E-state index contributed by atoms with van der Waals surface area (Å²) in [5.74, 6) is -0.0514. The van der Waals surface area contributed by atoms with E-state index in [1.54, 1.807) is 6.92 Å². The monoisotopic (exact) mass is 213 g/mol. The van der Waals surface area contributed by atoms with E-state index in [2.05, 4.69) is 46.9 Å². The normalized spacial score (nSPS) is 12.4. The van der Waals surface area contributed by atoms with E-state index in [4.69, 9.17) is 0 Å². The maximum absolute atomic E-state index is 11.3. The van der Waals surface area contributed by atoms with Crippen LogP contribution in [0.25, 0.3) is 0 Å². The summed E-state index contributed by atoms with van der Waals surface area (Å²) in [6.07, 6.45) is 0. The number of quaternary nitrogens is 1. The van der Waals surface area contributed by atoms with Crippen LogP contribution in [0.5, 0.6) is 0 Å². The van der Waals surface area contributed by atoms with Gasteiger partial charge in [-0.2, -0.15) is 0 Å². The summed E-state index contributed by atoms with van der Waals surface area (Å²) < 4.78 is 0.899. The number of hydrogen-bond donors (Lipinski definition) is 1. The molecule has 0 aromatic rings. The lowest BCUT2D eigenvalue weighted by molar-refractivity contribution is -0.876. The largest absolute Gasteiger partial charge is 0.352 e. The standard InChI is InChI=1S/C12H24N2O/c1-10(2)11(15)13-8-12(3,4)9-14(5,6)7/h1,8-9H2,2-7H3/p+1. The summed E-state index contributed by atoms with van der Waals surface area (Å²) in [6.45, 7) is 11.4. The summed E-state index contributed by atoms with van der Waals surface area (Å²) in [5.41, 5.74) is 0.666. The van der Waals surface area contributed by atoms with Gasteiger partial charge in [-0.1, -0.05) is 20.4 Å². The van der Waals surface area contributed by atoms with Crippen molar-refractivity contribution in [3.8, 4) is 0 Å². The summed E-state index contributed by atoms with van der Waals surface area (Å²) in [4.78, 5) is 11.3. The Morgan fingerprint density at radius 2 is 1.80 bits per heavy atom. The predicted molar refractivity (Wildman–Crippen MR) is 64.5 cm³/mol. The minimum Gasteiger partial charge on any atom is -0.352 e. The Kier molecular flexibility index (Phi) is 4.53. The summed E-state index contributed by atoms with van der Waals surface area (Å²) in [5, 5.41) is 2.90. The van der Waals surface area contributed by atoms with Crippen LogP contribution < -0.4 is 5.32 Å². The molecule has 0 saturated carbocycles. The van der Waals surface area contributed by atoms with E-state index in [1.165, 1.54) is 0 Å². The van der Waals surface area contributed by atoms with Gasteiger partial charge in [0.2, 0.25) is 5.91 Å². The summed E-state index contributed by atoms with van der Waals surface area (Å²) in [7, 11) is 6.47. The highest BCUT2D eigenvalue weighted by Gasteiger charge is 2.26. The molecule has 0 unspecified atom stereocenters. The molecule has 0 bridgehead atoms. The maximum atomic E-state index is 11.3. The minimum absolute atomic E-state index is 0.0514. The number of nitrogens with one attached hydrogen (secondary N) is 1. The van der Waals surface area contributed by atoms with E-state index in [9.17, 15) is 4.79 Å². The Morgan fingerprint density at radius 3 is 2.13 bits per heavy atom. The fourth-order valence-corrected chi connectivity index (χ4v) is 1.81. The Hall–Kier alpha value is -0.830. The van der Waals surface area contributed by atoms with Crippen LogP contribution in [0.1, 0.15) is 20.8 Å². The molecule has 0 aliphatic heterocycles.